The van der Waals surface area contributed by atoms with Crippen molar-refractivity contribution in [1.82, 2.24) is 15.5 Å². The van der Waals surface area contributed by atoms with Crippen LogP contribution in [0.4, 0.5) is 0 Å². The molecule has 2 aliphatic carbocycles. The van der Waals surface area contributed by atoms with Gasteiger partial charge in [0.05, 0.1) is 0 Å². The summed E-state index contributed by atoms with van der Waals surface area (Å²) in [6, 6.07) is 0.514. The Kier molecular flexibility index (Phi) is 4.72. The second-order valence-corrected chi connectivity index (χ2v) is 7.98. The molecule has 3 atom stereocenters. The van der Waals surface area contributed by atoms with E-state index in [0.717, 1.165) is 23.4 Å². The maximum absolute atomic E-state index is 4.48. The highest BCUT2D eigenvalue weighted by Crippen LogP contribution is 2.46. The van der Waals surface area contributed by atoms with Gasteiger partial charge in [0.25, 0.3) is 0 Å². The quantitative estimate of drug-likeness (QED) is 0.908. The highest BCUT2D eigenvalue weighted by Gasteiger charge is 2.34. The Morgan fingerprint density at radius 3 is 2.70 bits per heavy atom. The molecule has 0 radical (unpaired) electrons. The lowest BCUT2D eigenvalue weighted by Gasteiger charge is -2.38. The molecular weight excluding hydrogens is 266 g/mol. The van der Waals surface area contributed by atoms with Crippen molar-refractivity contribution in [3.8, 4) is 0 Å². The average Bonchev–Trinajstić information content (AvgIpc) is 2.93. The molecule has 0 spiro atoms. The second-order valence-electron chi connectivity index (χ2n) is 6.88. The largest absolute Gasteiger partial charge is 0.308 e. The first-order valence-electron chi connectivity index (χ1n) is 8.28. The van der Waals surface area contributed by atoms with Gasteiger partial charge in [-0.3, -0.25) is 0 Å². The third-order valence-electron chi connectivity index (χ3n) is 5.03. The minimum atomic E-state index is 0.514. The molecule has 1 aromatic heterocycles. The van der Waals surface area contributed by atoms with Crippen LogP contribution in [0.5, 0.6) is 0 Å². The average molecular weight is 293 g/mol. The topological polar surface area (TPSA) is 37.8 Å². The van der Waals surface area contributed by atoms with E-state index in [1.54, 1.807) is 0 Å². The third-order valence-corrected chi connectivity index (χ3v) is 6.12. The van der Waals surface area contributed by atoms with Crippen molar-refractivity contribution >= 4 is 11.3 Å². The predicted molar refractivity (Wildman–Crippen MR) is 83.9 cm³/mol. The molecule has 0 aliphatic heterocycles. The number of hydrogen-bond acceptors (Lipinski definition) is 4. The summed E-state index contributed by atoms with van der Waals surface area (Å²) in [4.78, 5) is 0. The molecule has 0 aromatic carbocycles. The monoisotopic (exact) mass is 293 g/mol. The van der Waals surface area contributed by atoms with Crippen molar-refractivity contribution in [3.63, 3.8) is 0 Å². The summed E-state index contributed by atoms with van der Waals surface area (Å²) < 4.78 is 0. The van der Waals surface area contributed by atoms with E-state index in [-0.39, 0.29) is 0 Å². The van der Waals surface area contributed by atoms with Crippen LogP contribution in [0.25, 0.3) is 0 Å². The van der Waals surface area contributed by atoms with Gasteiger partial charge in [-0.1, -0.05) is 50.9 Å². The molecular formula is C16H27N3S. The van der Waals surface area contributed by atoms with Crippen molar-refractivity contribution in [2.24, 2.45) is 11.8 Å². The highest BCUT2D eigenvalue weighted by atomic mass is 32.1. The van der Waals surface area contributed by atoms with Gasteiger partial charge >= 0.3 is 0 Å². The van der Waals surface area contributed by atoms with Gasteiger partial charge in [0.1, 0.15) is 10.0 Å². The molecule has 0 amide bonds. The van der Waals surface area contributed by atoms with Crippen molar-refractivity contribution in [2.45, 2.75) is 77.3 Å². The molecule has 0 saturated heterocycles. The van der Waals surface area contributed by atoms with Gasteiger partial charge in [-0.2, -0.15) is 0 Å². The van der Waals surface area contributed by atoms with Gasteiger partial charge < -0.3 is 5.32 Å². The van der Waals surface area contributed by atoms with Gasteiger partial charge in [0.2, 0.25) is 0 Å². The van der Waals surface area contributed by atoms with Crippen molar-refractivity contribution < 1.29 is 0 Å². The van der Waals surface area contributed by atoms with Crippen molar-refractivity contribution in [2.75, 3.05) is 0 Å². The van der Waals surface area contributed by atoms with E-state index in [4.69, 9.17) is 0 Å². The van der Waals surface area contributed by atoms with Crippen LogP contribution in [0.3, 0.4) is 0 Å². The minimum absolute atomic E-state index is 0.514. The van der Waals surface area contributed by atoms with E-state index in [0.29, 0.717) is 12.0 Å². The van der Waals surface area contributed by atoms with Crippen LogP contribution in [0, 0.1) is 11.8 Å². The van der Waals surface area contributed by atoms with Crippen LogP contribution >= 0.6 is 11.3 Å². The lowest BCUT2D eigenvalue weighted by molar-refractivity contribution is 0.155. The number of aromatic nitrogens is 2. The first kappa shape index (κ1) is 14.5. The zero-order valence-corrected chi connectivity index (χ0v) is 13.6. The Morgan fingerprint density at radius 2 is 1.90 bits per heavy atom. The Bertz CT molecular complexity index is 429. The highest BCUT2D eigenvalue weighted by molar-refractivity contribution is 7.11. The number of rotatable bonds is 4. The molecule has 2 aliphatic rings. The van der Waals surface area contributed by atoms with Crippen molar-refractivity contribution in [3.05, 3.63) is 10.0 Å². The van der Waals surface area contributed by atoms with E-state index in [1.807, 2.05) is 11.3 Å². The zero-order chi connectivity index (χ0) is 13.9. The molecule has 1 heterocycles. The van der Waals surface area contributed by atoms with E-state index >= 15 is 0 Å². The third kappa shape index (κ3) is 3.40. The second kappa shape index (κ2) is 6.52. The van der Waals surface area contributed by atoms with E-state index in [2.05, 4.69) is 29.4 Å². The molecule has 112 valence electrons. The Balaban J connectivity index is 1.59. The number of nitrogens with one attached hydrogen (secondary N) is 1. The normalized spacial score (nSPS) is 30.4. The fourth-order valence-corrected chi connectivity index (χ4v) is 4.83. The van der Waals surface area contributed by atoms with Gasteiger partial charge in [-0.05, 0) is 31.1 Å². The Labute approximate surface area is 126 Å². The van der Waals surface area contributed by atoms with Crippen LogP contribution in [-0.2, 0) is 6.54 Å². The van der Waals surface area contributed by atoms with Gasteiger partial charge in [-0.15, -0.1) is 10.2 Å². The molecule has 3 rings (SSSR count). The number of nitrogens with zero attached hydrogens (tertiary/aromatic N) is 2. The Morgan fingerprint density at radius 1 is 1.10 bits per heavy atom. The number of fused-ring (bicyclic) bond motifs is 1. The summed E-state index contributed by atoms with van der Waals surface area (Å²) >= 11 is 1.84. The summed E-state index contributed by atoms with van der Waals surface area (Å²) in [6.07, 6.45) is 10.0. The van der Waals surface area contributed by atoms with Gasteiger partial charge in [-0.25, -0.2) is 0 Å². The fourth-order valence-electron chi connectivity index (χ4n) is 3.89. The number of hydrogen-bond donors (Lipinski definition) is 1. The van der Waals surface area contributed by atoms with Crippen molar-refractivity contribution in [1.29, 1.82) is 0 Å². The van der Waals surface area contributed by atoms with E-state index in [1.165, 1.54) is 50.0 Å². The lowest BCUT2D eigenvalue weighted by atomic mass is 9.68. The van der Waals surface area contributed by atoms with Crippen LogP contribution in [0.1, 0.15) is 74.7 Å². The first-order valence-corrected chi connectivity index (χ1v) is 9.09. The smallest absolute Gasteiger partial charge is 0.131 e. The molecule has 4 heteroatoms. The molecule has 3 unspecified atom stereocenters. The summed E-state index contributed by atoms with van der Waals surface area (Å²) in [5.41, 5.74) is 0. The molecule has 0 bridgehead atoms. The van der Waals surface area contributed by atoms with Gasteiger partial charge in [0.15, 0.2) is 0 Å². The molecule has 3 nitrogen and oxygen atoms in total. The molecule has 20 heavy (non-hydrogen) atoms. The van der Waals surface area contributed by atoms with E-state index < -0.39 is 0 Å². The zero-order valence-electron chi connectivity index (χ0n) is 12.8. The fraction of sp³-hybridized carbons (Fsp3) is 0.875. The summed E-state index contributed by atoms with van der Waals surface area (Å²) in [7, 11) is 0. The molecule has 2 saturated carbocycles. The van der Waals surface area contributed by atoms with Crippen LogP contribution in [0.2, 0.25) is 0 Å². The molecule has 1 aromatic rings. The van der Waals surface area contributed by atoms with Gasteiger partial charge in [0, 0.05) is 18.5 Å². The first-order chi connectivity index (χ1) is 9.72. The van der Waals surface area contributed by atoms with Crippen LogP contribution in [0.15, 0.2) is 0 Å². The predicted octanol–water partition coefficient (Wildman–Crippen LogP) is 4.11. The minimum Gasteiger partial charge on any atom is -0.308 e. The van der Waals surface area contributed by atoms with Crippen LogP contribution < -0.4 is 5.32 Å². The lowest BCUT2D eigenvalue weighted by Crippen LogP contribution is -2.26. The standard InChI is InChI=1S/C16H27N3S/c1-11(2)17-10-15-18-19-16(20-15)14-8-7-12-5-3-4-6-13(12)9-14/h11-14,17H,3-10H2,1-2H3. The Hall–Kier alpha value is -0.480. The molecule has 2 fully saturated rings. The molecule has 1 N–H and O–H groups in total. The maximum atomic E-state index is 4.48. The maximum Gasteiger partial charge on any atom is 0.131 e. The van der Waals surface area contributed by atoms with Crippen LogP contribution in [-0.4, -0.2) is 16.2 Å². The summed E-state index contributed by atoms with van der Waals surface area (Å²) in [5, 5.41) is 14.7. The summed E-state index contributed by atoms with van der Waals surface area (Å²) in [6.45, 7) is 5.21. The van der Waals surface area contributed by atoms with E-state index in [9.17, 15) is 0 Å². The SMILES string of the molecule is CC(C)NCc1nnc(C2CCC3CCCCC3C2)s1. The summed E-state index contributed by atoms with van der Waals surface area (Å²) in [5.74, 6) is 2.69.